The molecule has 0 spiro atoms. The highest BCUT2D eigenvalue weighted by atomic mass is 16.6. The maximum absolute atomic E-state index is 11.5. The largest absolute Gasteiger partial charge is 0.463 e. The summed E-state index contributed by atoms with van der Waals surface area (Å²) in [5.41, 5.74) is 0. The Morgan fingerprint density at radius 1 is 0.583 bits per heavy atom. The van der Waals surface area contributed by atoms with Crippen molar-refractivity contribution in [3.05, 3.63) is 0 Å². The number of hydrogen-bond donors (Lipinski definition) is 0. The van der Waals surface area contributed by atoms with Gasteiger partial charge < -0.3 is 14.2 Å². The lowest BCUT2D eigenvalue weighted by atomic mass is 10.1. The zero-order chi connectivity index (χ0) is 17.9. The van der Waals surface area contributed by atoms with Gasteiger partial charge in [-0.1, -0.05) is 58.8 Å². The summed E-state index contributed by atoms with van der Waals surface area (Å²) in [5.74, 6) is -0.321. The van der Waals surface area contributed by atoms with Crippen molar-refractivity contribution < 1.29 is 23.8 Å². The smallest absolute Gasteiger partial charge is 0.305 e. The lowest BCUT2D eigenvalue weighted by Gasteiger charge is -2.07. The van der Waals surface area contributed by atoms with Gasteiger partial charge in [0.15, 0.2) is 0 Å². The van der Waals surface area contributed by atoms with E-state index >= 15 is 0 Å². The predicted molar refractivity (Wildman–Crippen MR) is 94.9 cm³/mol. The van der Waals surface area contributed by atoms with E-state index in [9.17, 15) is 9.59 Å². The van der Waals surface area contributed by atoms with Gasteiger partial charge >= 0.3 is 11.9 Å². The number of rotatable bonds is 17. The lowest BCUT2D eigenvalue weighted by Crippen LogP contribution is -2.14. The molecular weight excluding hydrogens is 308 g/mol. The van der Waals surface area contributed by atoms with E-state index in [0.717, 1.165) is 38.5 Å². The first-order valence-electron chi connectivity index (χ1n) is 9.59. The maximum atomic E-state index is 11.5. The predicted octanol–water partition coefficient (Wildman–Crippen LogP) is 4.42. The average molecular weight is 344 g/mol. The van der Waals surface area contributed by atoms with Crippen LogP contribution in [0.1, 0.15) is 84.5 Å². The molecule has 142 valence electrons. The number of carbonyl (C=O) groups excluding carboxylic acids is 2. The molecular formula is C19H36O5. The Kier molecular flexibility index (Phi) is 17.4. The van der Waals surface area contributed by atoms with Crippen molar-refractivity contribution in [1.29, 1.82) is 0 Å². The van der Waals surface area contributed by atoms with Crippen LogP contribution in [0.15, 0.2) is 0 Å². The van der Waals surface area contributed by atoms with Gasteiger partial charge in [-0.2, -0.15) is 0 Å². The van der Waals surface area contributed by atoms with E-state index in [1.54, 1.807) is 0 Å². The van der Waals surface area contributed by atoms with Crippen LogP contribution < -0.4 is 0 Å². The molecule has 0 radical (unpaired) electrons. The van der Waals surface area contributed by atoms with Crippen LogP contribution >= 0.6 is 0 Å². The van der Waals surface area contributed by atoms with Gasteiger partial charge in [-0.15, -0.1) is 0 Å². The summed E-state index contributed by atoms with van der Waals surface area (Å²) in [5, 5.41) is 0. The first-order chi connectivity index (χ1) is 11.7. The van der Waals surface area contributed by atoms with E-state index in [-0.39, 0.29) is 25.2 Å². The molecule has 0 saturated heterocycles. The summed E-state index contributed by atoms with van der Waals surface area (Å²) in [6.45, 7) is 5.52. The van der Waals surface area contributed by atoms with Crippen molar-refractivity contribution in [2.75, 3.05) is 26.4 Å². The number of esters is 2. The summed E-state index contributed by atoms with van der Waals surface area (Å²) in [4.78, 5) is 22.9. The fraction of sp³-hybridized carbons (Fsp3) is 0.895. The average Bonchev–Trinajstić information content (AvgIpc) is 2.57. The molecule has 0 aromatic carbocycles. The van der Waals surface area contributed by atoms with E-state index < -0.39 is 0 Å². The molecule has 0 aliphatic rings. The van der Waals surface area contributed by atoms with E-state index in [1.165, 1.54) is 19.3 Å². The molecule has 5 heteroatoms. The Bertz CT molecular complexity index is 304. The highest BCUT2D eigenvalue weighted by molar-refractivity contribution is 5.69. The Labute approximate surface area is 147 Å². The van der Waals surface area contributed by atoms with Crippen LogP contribution in [-0.4, -0.2) is 38.4 Å². The third-order valence-electron chi connectivity index (χ3n) is 3.70. The molecule has 0 unspecified atom stereocenters. The van der Waals surface area contributed by atoms with Gasteiger partial charge in [-0.3, -0.25) is 9.59 Å². The van der Waals surface area contributed by atoms with Crippen LogP contribution in [0.4, 0.5) is 0 Å². The number of carbonyl (C=O) groups is 2. The Morgan fingerprint density at radius 2 is 1.00 bits per heavy atom. The first kappa shape index (κ1) is 22.9. The zero-order valence-corrected chi connectivity index (χ0v) is 15.6. The highest BCUT2D eigenvalue weighted by Gasteiger charge is 2.04. The molecule has 0 rings (SSSR count). The molecule has 24 heavy (non-hydrogen) atoms. The molecule has 0 bridgehead atoms. The molecule has 0 aromatic rings. The molecule has 0 amide bonds. The minimum Gasteiger partial charge on any atom is -0.463 e. The minimum absolute atomic E-state index is 0.159. The molecule has 0 aliphatic heterocycles. The monoisotopic (exact) mass is 344 g/mol. The SMILES string of the molecule is CCCCCCCC(=O)OCCOCCOC(=O)CCCCCC. The summed E-state index contributed by atoms with van der Waals surface area (Å²) >= 11 is 0. The molecule has 0 atom stereocenters. The molecule has 0 N–H and O–H groups in total. The maximum Gasteiger partial charge on any atom is 0.305 e. The summed E-state index contributed by atoms with van der Waals surface area (Å²) in [6.07, 6.45) is 10.9. The van der Waals surface area contributed by atoms with Crippen LogP contribution in [0.3, 0.4) is 0 Å². The van der Waals surface area contributed by atoms with Crippen LogP contribution in [0.5, 0.6) is 0 Å². The lowest BCUT2D eigenvalue weighted by molar-refractivity contribution is -0.146. The van der Waals surface area contributed by atoms with Crippen molar-refractivity contribution in [1.82, 2.24) is 0 Å². The van der Waals surface area contributed by atoms with Crippen molar-refractivity contribution in [3.63, 3.8) is 0 Å². The summed E-state index contributed by atoms with van der Waals surface area (Å²) in [6, 6.07) is 0. The molecule has 5 nitrogen and oxygen atoms in total. The normalized spacial score (nSPS) is 10.6. The number of ether oxygens (including phenoxy) is 3. The van der Waals surface area contributed by atoms with E-state index in [1.807, 2.05) is 0 Å². The van der Waals surface area contributed by atoms with E-state index in [2.05, 4.69) is 13.8 Å². The zero-order valence-electron chi connectivity index (χ0n) is 15.6. The Hall–Kier alpha value is -1.10. The van der Waals surface area contributed by atoms with Crippen LogP contribution in [0.25, 0.3) is 0 Å². The molecule has 0 fully saturated rings. The topological polar surface area (TPSA) is 61.8 Å². The Morgan fingerprint density at radius 3 is 1.46 bits per heavy atom. The van der Waals surface area contributed by atoms with Crippen molar-refractivity contribution in [3.8, 4) is 0 Å². The van der Waals surface area contributed by atoms with Crippen LogP contribution in [0, 0.1) is 0 Å². The van der Waals surface area contributed by atoms with Gasteiger partial charge in [-0.05, 0) is 12.8 Å². The number of unbranched alkanes of at least 4 members (excludes halogenated alkanes) is 7. The quantitative estimate of drug-likeness (QED) is 0.289. The van der Waals surface area contributed by atoms with E-state index in [4.69, 9.17) is 14.2 Å². The van der Waals surface area contributed by atoms with Gasteiger partial charge in [0.1, 0.15) is 13.2 Å². The second-order valence-electron chi connectivity index (χ2n) is 6.03. The Balaban J connectivity index is 3.26. The van der Waals surface area contributed by atoms with Crippen molar-refractivity contribution >= 4 is 11.9 Å². The van der Waals surface area contributed by atoms with Gasteiger partial charge in [0, 0.05) is 12.8 Å². The molecule has 0 saturated carbocycles. The van der Waals surface area contributed by atoms with Gasteiger partial charge in [0.25, 0.3) is 0 Å². The van der Waals surface area contributed by atoms with Gasteiger partial charge in [0.2, 0.25) is 0 Å². The van der Waals surface area contributed by atoms with Crippen molar-refractivity contribution in [2.45, 2.75) is 84.5 Å². The second-order valence-corrected chi connectivity index (χ2v) is 6.03. The molecule has 0 aliphatic carbocycles. The molecule has 0 heterocycles. The molecule has 0 aromatic heterocycles. The standard InChI is InChI=1S/C19H36O5/c1-3-5-7-9-11-13-19(21)24-17-15-22-14-16-23-18(20)12-10-8-6-4-2/h3-17H2,1-2H3. The van der Waals surface area contributed by atoms with Crippen LogP contribution in [-0.2, 0) is 23.8 Å². The van der Waals surface area contributed by atoms with Gasteiger partial charge in [0.05, 0.1) is 13.2 Å². The summed E-state index contributed by atoms with van der Waals surface area (Å²) in [7, 11) is 0. The third kappa shape index (κ3) is 17.3. The van der Waals surface area contributed by atoms with E-state index in [0.29, 0.717) is 26.1 Å². The van der Waals surface area contributed by atoms with Gasteiger partial charge in [-0.25, -0.2) is 0 Å². The second kappa shape index (κ2) is 18.2. The highest BCUT2D eigenvalue weighted by Crippen LogP contribution is 2.05. The first-order valence-corrected chi connectivity index (χ1v) is 9.59. The fourth-order valence-electron chi connectivity index (χ4n) is 2.24. The third-order valence-corrected chi connectivity index (χ3v) is 3.70. The summed E-state index contributed by atoms with van der Waals surface area (Å²) < 4.78 is 15.4. The van der Waals surface area contributed by atoms with Crippen molar-refractivity contribution in [2.24, 2.45) is 0 Å². The number of hydrogen-bond acceptors (Lipinski definition) is 5. The minimum atomic E-state index is -0.163. The van der Waals surface area contributed by atoms with Crippen LogP contribution in [0.2, 0.25) is 0 Å². The fourth-order valence-corrected chi connectivity index (χ4v) is 2.24.